The highest BCUT2D eigenvalue weighted by molar-refractivity contribution is 7.85. The molecule has 0 saturated heterocycles. The molecule has 5 nitrogen and oxygen atoms in total. The highest BCUT2D eigenvalue weighted by Crippen LogP contribution is 1.86. The van der Waals surface area contributed by atoms with E-state index in [-0.39, 0.29) is 17.7 Å². The van der Waals surface area contributed by atoms with Crippen molar-refractivity contribution in [2.45, 2.75) is 13.0 Å². The highest BCUT2D eigenvalue weighted by atomic mass is 32.2. The van der Waals surface area contributed by atoms with Crippen LogP contribution in [0.1, 0.15) is 6.92 Å². The first-order chi connectivity index (χ1) is 6.56. The highest BCUT2D eigenvalue weighted by Gasteiger charge is 2.08. The van der Waals surface area contributed by atoms with Gasteiger partial charge < -0.3 is 15.8 Å². The third-order valence-electron chi connectivity index (χ3n) is 1.37. The monoisotopic (exact) mass is 222 g/mol. The number of carbonyl (C=O) groups excluding carboxylic acids is 1. The topological polar surface area (TPSA) is 81.4 Å². The van der Waals surface area contributed by atoms with Crippen LogP contribution in [0.25, 0.3) is 0 Å². The number of hydrogen-bond donors (Lipinski definition) is 2. The SMILES string of the molecule is COCCNC(=O)CS(=O)CC(C)N. The van der Waals surface area contributed by atoms with Gasteiger partial charge in [-0.1, -0.05) is 0 Å². The molecule has 6 heteroatoms. The molecule has 2 unspecified atom stereocenters. The zero-order valence-corrected chi connectivity index (χ0v) is 9.43. The van der Waals surface area contributed by atoms with Gasteiger partial charge in [-0.3, -0.25) is 9.00 Å². The van der Waals surface area contributed by atoms with Crippen LogP contribution in [-0.2, 0) is 20.3 Å². The van der Waals surface area contributed by atoms with E-state index in [9.17, 15) is 9.00 Å². The van der Waals surface area contributed by atoms with E-state index in [4.69, 9.17) is 10.5 Å². The Hall–Kier alpha value is -0.460. The fraction of sp³-hybridized carbons (Fsp3) is 0.875. The minimum absolute atomic E-state index is 0.0191. The lowest BCUT2D eigenvalue weighted by molar-refractivity contribution is -0.118. The van der Waals surface area contributed by atoms with Gasteiger partial charge in [0.05, 0.1) is 6.61 Å². The van der Waals surface area contributed by atoms with Crippen LogP contribution in [0.3, 0.4) is 0 Å². The van der Waals surface area contributed by atoms with Gasteiger partial charge in [-0.15, -0.1) is 0 Å². The van der Waals surface area contributed by atoms with Crippen LogP contribution in [0.15, 0.2) is 0 Å². The Morgan fingerprint density at radius 2 is 2.29 bits per heavy atom. The lowest BCUT2D eigenvalue weighted by Crippen LogP contribution is -2.33. The van der Waals surface area contributed by atoms with E-state index >= 15 is 0 Å². The number of carbonyl (C=O) groups is 1. The number of nitrogens with two attached hydrogens (primary N) is 1. The maximum Gasteiger partial charge on any atom is 0.232 e. The molecule has 3 N–H and O–H groups in total. The van der Waals surface area contributed by atoms with Gasteiger partial charge in [0, 0.05) is 36.2 Å². The molecule has 0 aliphatic rings. The first-order valence-electron chi connectivity index (χ1n) is 4.42. The first-order valence-corrected chi connectivity index (χ1v) is 5.91. The molecule has 14 heavy (non-hydrogen) atoms. The van der Waals surface area contributed by atoms with E-state index in [1.165, 1.54) is 0 Å². The largest absolute Gasteiger partial charge is 0.383 e. The van der Waals surface area contributed by atoms with Crippen LogP contribution in [0, 0.1) is 0 Å². The van der Waals surface area contributed by atoms with E-state index in [0.29, 0.717) is 18.9 Å². The van der Waals surface area contributed by atoms with Gasteiger partial charge >= 0.3 is 0 Å². The van der Waals surface area contributed by atoms with Crippen molar-refractivity contribution < 1.29 is 13.7 Å². The van der Waals surface area contributed by atoms with Crippen molar-refractivity contribution in [1.82, 2.24) is 5.32 Å². The summed E-state index contributed by atoms with van der Waals surface area (Å²) in [5, 5.41) is 2.59. The van der Waals surface area contributed by atoms with Gasteiger partial charge in [0.2, 0.25) is 5.91 Å². The number of hydrogen-bond acceptors (Lipinski definition) is 4. The summed E-state index contributed by atoms with van der Waals surface area (Å²) in [5.41, 5.74) is 5.45. The van der Waals surface area contributed by atoms with Crippen LogP contribution in [-0.4, -0.2) is 47.9 Å². The molecule has 0 fully saturated rings. The van der Waals surface area contributed by atoms with E-state index in [0.717, 1.165) is 0 Å². The van der Waals surface area contributed by atoms with Crippen molar-refractivity contribution >= 4 is 16.7 Å². The van der Waals surface area contributed by atoms with Gasteiger partial charge in [0.25, 0.3) is 0 Å². The summed E-state index contributed by atoms with van der Waals surface area (Å²) < 4.78 is 16.0. The molecular weight excluding hydrogens is 204 g/mol. The van der Waals surface area contributed by atoms with Crippen LogP contribution in [0.4, 0.5) is 0 Å². The van der Waals surface area contributed by atoms with Gasteiger partial charge in [-0.25, -0.2) is 0 Å². The molecule has 1 amide bonds. The molecule has 0 aromatic rings. The lowest BCUT2D eigenvalue weighted by Gasteiger charge is -2.06. The third kappa shape index (κ3) is 8.15. The summed E-state index contributed by atoms with van der Waals surface area (Å²) >= 11 is 0. The molecular formula is C8H18N2O3S. The van der Waals surface area contributed by atoms with Gasteiger partial charge in [-0.05, 0) is 6.92 Å². The fourth-order valence-corrected chi connectivity index (χ4v) is 1.94. The predicted molar refractivity (Wildman–Crippen MR) is 56.4 cm³/mol. The van der Waals surface area contributed by atoms with Crippen LogP contribution in [0.2, 0.25) is 0 Å². The Morgan fingerprint density at radius 3 is 2.79 bits per heavy atom. The Labute approximate surface area is 86.8 Å². The number of methoxy groups -OCH3 is 1. The molecule has 0 saturated carbocycles. The summed E-state index contributed by atoms with van der Waals surface area (Å²) in [6.07, 6.45) is 0. The molecule has 0 aliphatic carbocycles. The molecule has 0 aromatic heterocycles. The standard InChI is InChI=1S/C8H18N2O3S/c1-7(9)5-14(12)6-8(11)10-3-4-13-2/h7H,3-6,9H2,1-2H3,(H,10,11). The van der Waals surface area contributed by atoms with Crippen molar-refractivity contribution in [3.8, 4) is 0 Å². The minimum Gasteiger partial charge on any atom is -0.383 e. The molecule has 84 valence electrons. The average Bonchev–Trinajstić information content (AvgIpc) is 2.02. The van der Waals surface area contributed by atoms with Crippen molar-refractivity contribution in [2.75, 3.05) is 31.8 Å². The number of ether oxygens (including phenoxy) is 1. The Balaban J connectivity index is 3.56. The molecule has 0 rings (SSSR count). The van der Waals surface area contributed by atoms with Crippen molar-refractivity contribution in [1.29, 1.82) is 0 Å². The van der Waals surface area contributed by atoms with E-state index < -0.39 is 10.8 Å². The third-order valence-corrected chi connectivity index (χ3v) is 2.85. The maximum atomic E-state index is 11.2. The Bertz CT molecular complexity index is 197. The van der Waals surface area contributed by atoms with Crippen LogP contribution in [0.5, 0.6) is 0 Å². The maximum absolute atomic E-state index is 11.2. The molecule has 0 spiro atoms. The van der Waals surface area contributed by atoms with Crippen molar-refractivity contribution in [2.24, 2.45) is 5.73 Å². The second kappa shape index (κ2) is 7.90. The van der Waals surface area contributed by atoms with Crippen molar-refractivity contribution in [3.63, 3.8) is 0 Å². The zero-order chi connectivity index (χ0) is 11.0. The van der Waals surface area contributed by atoms with Gasteiger partial charge in [-0.2, -0.15) is 0 Å². The summed E-state index contributed by atoms with van der Waals surface area (Å²) in [6, 6.07) is -0.136. The number of nitrogens with one attached hydrogen (secondary N) is 1. The van der Waals surface area contributed by atoms with E-state index in [1.54, 1.807) is 14.0 Å². The van der Waals surface area contributed by atoms with E-state index in [2.05, 4.69) is 5.32 Å². The quantitative estimate of drug-likeness (QED) is 0.533. The molecule has 0 radical (unpaired) electrons. The fourth-order valence-electron chi connectivity index (χ4n) is 0.842. The summed E-state index contributed by atoms with van der Waals surface area (Å²) in [7, 11) is 0.392. The molecule has 0 aliphatic heterocycles. The predicted octanol–water partition coefficient (Wildman–Crippen LogP) is -1.16. The Kier molecular flexibility index (Phi) is 7.64. The summed E-state index contributed by atoms with van der Waals surface area (Å²) in [4.78, 5) is 11.1. The summed E-state index contributed by atoms with van der Waals surface area (Å²) in [5.74, 6) is 0.157. The number of rotatable bonds is 7. The average molecular weight is 222 g/mol. The summed E-state index contributed by atoms with van der Waals surface area (Å²) in [6.45, 7) is 2.68. The smallest absolute Gasteiger partial charge is 0.232 e. The zero-order valence-electron chi connectivity index (χ0n) is 8.62. The molecule has 0 heterocycles. The minimum atomic E-state index is -1.16. The lowest BCUT2D eigenvalue weighted by atomic mass is 10.4. The molecule has 0 aromatic carbocycles. The first kappa shape index (κ1) is 13.5. The molecule has 0 bridgehead atoms. The van der Waals surface area contributed by atoms with Crippen molar-refractivity contribution in [3.05, 3.63) is 0 Å². The van der Waals surface area contributed by atoms with Gasteiger partial charge in [0.1, 0.15) is 5.75 Å². The van der Waals surface area contributed by atoms with Crippen LogP contribution >= 0.6 is 0 Å². The Morgan fingerprint density at radius 1 is 1.64 bits per heavy atom. The molecule has 2 atom stereocenters. The van der Waals surface area contributed by atoms with Crippen LogP contribution < -0.4 is 11.1 Å². The second-order valence-corrected chi connectivity index (χ2v) is 4.57. The normalized spacial score (nSPS) is 14.8. The number of amides is 1. The second-order valence-electron chi connectivity index (χ2n) is 3.07. The van der Waals surface area contributed by atoms with E-state index in [1.807, 2.05) is 0 Å². The van der Waals surface area contributed by atoms with Gasteiger partial charge in [0.15, 0.2) is 0 Å².